The molecule has 0 amide bonds. The Kier molecular flexibility index (Phi) is 3.75. The molecule has 1 aromatic rings. The van der Waals surface area contributed by atoms with Gasteiger partial charge in [-0.05, 0) is 12.1 Å². The standard InChI is InChI=1S/C9H11FN2O4/c1-16-7-3-2-5(10)8(6(11)4-13)9(7)12(14)15/h2-3,6,13H,4,11H2,1H3. The Morgan fingerprint density at radius 1 is 1.69 bits per heavy atom. The van der Waals surface area contributed by atoms with Crippen LogP contribution in [0.4, 0.5) is 10.1 Å². The monoisotopic (exact) mass is 230 g/mol. The summed E-state index contributed by atoms with van der Waals surface area (Å²) in [6, 6.07) is 0.994. The number of nitrogens with zero attached hydrogens (tertiary/aromatic N) is 1. The molecule has 0 heterocycles. The number of benzene rings is 1. The molecular formula is C9H11FN2O4. The molecule has 1 aromatic carbocycles. The summed E-state index contributed by atoms with van der Waals surface area (Å²) in [6.45, 7) is -0.592. The molecule has 0 saturated heterocycles. The number of rotatable bonds is 4. The molecule has 0 bridgehead atoms. The van der Waals surface area contributed by atoms with Gasteiger partial charge in [-0.1, -0.05) is 0 Å². The predicted molar refractivity (Wildman–Crippen MR) is 53.6 cm³/mol. The molecule has 0 fully saturated rings. The van der Waals surface area contributed by atoms with Gasteiger partial charge < -0.3 is 15.6 Å². The average Bonchev–Trinajstić information content (AvgIpc) is 2.27. The number of halogens is 1. The third kappa shape index (κ3) is 2.10. The molecule has 16 heavy (non-hydrogen) atoms. The summed E-state index contributed by atoms with van der Waals surface area (Å²) >= 11 is 0. The second-order valence-corrected chi connectivity index (χ2v) is 3.06. The van der Waals surface area contributed by atoms with Gasteiger partial charge in [0.2, 0.25) is 0 Å². The minimum atomic E-state index is -1.16. The van der Waals surface area contributed by atoms with Crippen molar-refractivity contribution >= 4 is 5.69 Å². The Morgan fingerprint density at radius 2 is 2.31 bits per heavy atom. The van der Waals surface area contributed by atoms with Crippen molar-refractivity contribution in [3.8, 4) is 5.75 Å². The molecule has 0 saturated carbocycles. The van der Waals surface area contributed by atoms with Crippen molar-refractivity contribution in [3.05, 3.63) is 33.6 Å². The number of hydrogen-bond acceptors (Lipinski definition) is 5. The summed E-state index contributed by atoms with van der Waals surface area (Å²) in [5, 5.41) is 19.6. The van der Waals surface area contributed by atoms with Crippen LogP contribution in [0.3, 0.4) is 0 Å². The fourth-order valence-electron chi connectivity index (χ4n) is 1.36. The zero-order valence-corrected chi connectivity index (χ0v) is 8.51. The van der Waals surface area contributed by atoms with E-state index in [0.29, 0.717) is 0 Å². The zero-order valence-electron chi connectivity index (χ0n) is 8.51. The van der Waals surface area contributed by atoms with Gasteiger partial charge in [-0.15, -0.1) is 0 Å². The first-order chi connectivity index (χ1) is 7.52. The average molecular weight is 230 g/mol. The topological polar surface area (TPSA) is 98.6 Å². The van der Waals surface area contributed by atoms with Gasteiger partial charge in [0, 0.05) is 0 Å². The van der Waals surface area contributed by atoms with Crippen LogP contribution in [0.25, 0.3) is 0 Å². The maximum Gasteiger partial charge on any atom is 0.318 e. The predicted octanol–water partition coefficient (Wildman–Crippen LogP) is 0.735. The minimum Gasteiger partial charge on any atom is -0.490 e. The highest BCUT2D eigenvalue weighted by Gasteiger charge is 2.28. The molecule has 0 aliphatic heterocycles. The highest BCUT2D eigenvalue weighted by molar-refractivity contribution is 5.54. The van der Waals surface area contributed by atoms with Crippen LogP contribution in [0.1, 0.15) is 11.6 Å². The van der Waals surface area contributed by atoms with Crippen LogP contribution >= 0.6 is 0 Å². The first-order valence-corrected chi connectivity index (χ1v) is 4.40. The summed E-state index contributed by atoms with van der Waals surface area (Å²) in [5.41, 5.74) is 4.50. The maximum atomic E-state index is 13.4. The number of aliphatic hydroxyl groups is 1. The van der Waals surface area contributed by atoms with Crippen molar-refractivity contribution < 1.29 is 19.2 Å². The van der Waals surface area contributed by atoms with Crippen molar-refractivity contribution in [2.24, 2.45) is 5.73 Å². The maximum absolute atomic E-state index is 13.4. The minimum absolute atomic E-state index is 0.0923. The highest BCUT2D eigenvalue weighted by Crippen LogP contribution is 2.35. The quantitative estimate of drug-likeness (QED) is 0.587. The smallest absolute Gasteiger partial charge is 0.318 e. The Bertz CT molecular complexity index is 411. The van der Waals surface area contributed by atoms with Crippen LogP contribution in [-0.4, -0.2) is 23.7 Å². The van der Waals surface area contributed by atoms with Crippen LogP contribution in [0.15, 0.2) is 12.1 Å². The number of nitrogens with two attached hydrogens (primary N) is 1. The van der Waals surface area contributed by atoms with Gasteiger partial charge in [-0.3, -0.25) is 10.1 Å². The lowest BCUT2D eigenvalue weighted by Gasteiger charge is -2.12. The van der Waals surface area contributed by atoms with Crippen LogP contribution in [0, 0.1) is 15.9 Å². The van der Waals surface area contributed by atoms with Gasteiger partial charge in [0.25, 0.3) is 0 Å². The number of hydrogen-bond donors (Lipinski definition) is 2. The van der Waals surface area contributed by atoms with Crippen molar-refractivity contribution in [2.75, 3.05) is 13.7 Å². The summed E-state index contributed by atoms with van der Waals surface area (Å²) < 4.78 is 18.2. The van der Waals surface area contributed by atoms with E-state index in [1.165, 1.54) is 7.11 Å². The number of ether oxygens (including phenoxy) is 1. The van der Waals surface area contributed by atoms with Gasteiger partial charge in [0.15, 0.2) is 5.75 Å². The molecule has 3 N–H and O–H groups in total. The lowest BCUT2D eigenvalue weighted by molar-refractivity contribution is -0.386. The molecule has 1 rings (SSSR count). The SMILES string of the molecule is COc1ccc(F)c(C(N)CO)c1[N+](=O)[O-]. The second-order valence-electron chi connectivity index (χ2n) is 3.06. The Labute approximate surface area is 90.6 Å². The van der Waals surface area contributed by atoms with Gasteiger partial charge in [-0.2, -0.15) is 0 Å². The van der Waals surface area contributed by atoms with Crippen LogP contribution in [0.5, 0.6) is 5.75 Å². The van der Waals surface area contributed by atoms with Crippen molar-refractivity contribution in [3.63, 3.8) is 0 Å². The fourth-order valence-corrected chi connectivity index (χ4v) is 1.36. The largest absolute Gasteiger partial charge is 0.490 e. The van der Waals surface area contributed by atoms with Crippen LogP contribution in [0.2, 0.25) is 0 Å². The number of methoxy groups -OCH3 is 1. The molecule has 0 aliphatic carbocycles. The van der Waals surface area contributed by atoms with Crippen molar-refractivity contribution in [1.29, 1.82) is 0 Å². The molecule has 88 valence electrons. The molecule has 0 aromatic heterocycles. The first-order valence-electron chi connectivity index (χ1n) is 4.40. The van der Waals surface area contributed by atoms with E-state index in [2.05, 4.69) is 0 Å². The van der Waals surface area contributed by atoms with Gasteiger partial charge in [-0.25, -0.2) is 4.39 Å². The van der Waals surface area contributed by atoms with Crippen LogP contribution < -0.4 is 10.5 Å². The van der Waals surface area contributed by atoms with Gasteiger partial charge in [0.05, 0.1) is 30.2 Å². The highest BCUT2D eigenvalue weighted by atomic mass is 19.1. The molecule has 0 radical (unpaired) electrons. The Morgan fingerprint density at radius 3 is 2.75 bits per heavy atom. The normalized spacial score (nSPS) is 12.2. The first kappa shape index (κ1) is 12.3. The van der Waals surface area contributed by atoms with E-state index in [9.17, 15) is 14.5 Å². The summed E-state index contributed by atoms with van der Waals surface area (Å²) in [5.74, 6) is -0.931. The lowest BCUT2D eigenvalue weighted by atomic mass is 10.0. The second kappa shape index (κ2) is 4.86. The van der Waals surface area contributed by atoms with E-state index >= 15 is 0 Å². The van der Waals surface area contributed by atoms with E-state index in [4.69, 9.17) is 15.6 Å². The molecule has 0 spiro atoms. The molecule has 7 heteroatoms. The van der Waals surface area contributed by atoms with Crippen LogP contribution in [-0.2, 0) is 0 Å². The van der Waals surface area contributed by atoms with Crippen molar-refractivity contribution in [1.82, 2.24) is 0 Å². The lowest BCUT2D eigenvalue weighted by Crippen LogP contribution is -2.18. The molecule has 1 unspecified atom stereocenters. The zero-order chi connectivity index (χ0) is 12.3. The number of nitro benzene ring substituents is 1. The summed E-state index contributed by atoms with van der Waals surface area (Å²) in [6.07, 6.45) is 0. The molecule has 1 atom stereocenters. The number of aliphatic hydroxyl groups excluding tert-OH is 1. The third-order valence-electron chi connectivity index (χ3n) is 2.10. The summed E-state index contributed by atoms with van der Waals surface area (Å²) in [7, 11) is 1.23. The molecule has 6 nitrogen and oxygen atoms in total. The Balaban J connectivity index is 3.47. The fraction of sp³-hybridized carbons (Fsp3) is 0.333. The van der Waals surface area contributed by atoms with E-state index in [-0.39, 0.29) is 11.3 Å². The molecular weight excluding hydrogens is 219 g/mol. The van der Waals surface area contributed by atoms with E-state index in [1.54, 1.807) is 0 Å². The third-order valence-corrected chi connectivity index (χ3v) is 2.10. The number of nitro groups is 1. The van der Waals surface area contributed by atoms with E-state index in [1.807, 2.05) is 0 Å². The summed E-state index contributed by atoms with van der Waals surface area (Å²) in [4.78, 5) is 10.0. The Hall–Kier alpha value is -1.73. The van der Waals surface area contributed by atoms with Gasteiger partial charge in [0.1, 0.15) is 5.82 Å². The van der Waals surface area contributed by atoms with Crippen molar-refractivity contribution in [2.45, 2.75) is 6.04 Å². The molecule has 0 aliphatic rings. The van der Waals surface area contributed by atoms with E-state index in [0.717, 1.165) is 12.1 Å². The van der Waals surface area contributed by atoms with E-state index < -0.39 is 29.1 Å². The van der Waals surface area contributed by atoms with Gasteiger partial charge >= 0.3 is 5.69 Å².